The zero-order valence-corrected chi connectivity index (χ0v) is 21.6. The monoisotopic (exact) mass is 512 g/mol. The van der Waals surface area contributed by atoms with Crippen LogP contribution in [0.3, 0.4) is 0 Å². The second-order valence-corrected chi connectivity index (χ2v) is 9.91. The van der Waals surface area contributed by atoms with Crippen molar-refractivity contribution in [1.82, 2.24) is 10.2 Å². The summed E-state index contributed by atoms with van der Waals surface area (Å²) in [4.78, 5) is 36.9. The van der Waals surface area contributed by atoms with Gasteiger partial charge in [-0.05, 0) is 37.1 Å². The minimum Gasteiger partial charge on any atom is -0.496 e. The van der Waals surface area contributed by atoms with Crippen molar-refractivity contribution in [3.63, 3.8) is 0 Å². The van der Waals surface area contributed by atoms with Crippen molar-refractivity contribution >= 4 is 40.3 Å². The summed E-state index contributed by atoms with van der Waals surface area (Å²) < 4.78 is 5.36. The highest BCUT2D eigenvalue weighted by Gasteiger charge is 2.41. The summed E-state index contributed by atoms with van der Waals surface area (Å²) in [6.45, 7) is 2.42. The third kappa shape index (κ3) is 5.44. The van der Waals surface area contributed by atoms with Crippen LogP contribution in [0.25, 0.3) is 0 Å². The van der Waals surface area contributed by atoms with E-state index in [-0.39, 0.29) is 18.2 Å². The largest absolute Gasteiger partial charge is 0.496 e. The first-order valence-corrected chi connectivity index (χ1v) is 13.2. The van der Waals surface area contributed by atoms with Gasteiger partial charge in [0, 0.05) is 29.8 Å². The summed E-state index contributed by atoms with van der Waals surface area (Å²) in [5.41, 5.74) is 4.91. The molecule has 3 aromatic carbocycles. The molecule has 7 nitrogen and oxygen atoms in total. The number of thioether (sulfide) groups is 1. The SMILES string of the molecule is COc1ccccc1CNC(=O)CCC1C(=O)N=C2c3ccccc3N=C(SCc3ccc(C)cc3)N21. The third-order valence-electron chi connectivity index (χ3n) is 6.41. The average Bonchev–Trinajstić information content (AvgIpc) is 3.26. The Labute approximate surface area is 220 Å². The van der Waals surface area contributed by atoms with E-state index in [4.69, 9.17) is 9.73 Å². The van der Waals surface area contributed by atoms with Crippen LogP contribution >= 0.6 is 11.8 Å². The van der Waals surface area contributed by atoms with Crippen LogP contribution in [0.5, 0.6) is 5.75 Å². The fourth-order valence-corrected chi connectivity index (χ4v) is 5.41. The Morgan fingerprint density at radius 3 is 2.59 bits per heavy atom. The predicted molar refractivity (Wildman–Crippen MR) is 147 cm³/mol. The smallest absolute Gasteiger partial charge is 0.270 e. The van der Waals surface area contributed by atoms with E-state index in [1.54, 1.807) is 18.9 Å². The lowest BCUT2D eigenvalue weighted by atomic mass is 10.1. The van der Waals surface area contributed by atoms with Gasteiger partial charge in [0.2, 0.25) is 5.91 Å². The summed E-state index contributed by atoms with van der Waals surface area (Å²) in [6.07, 6.45) is 0.540. The predicted octanol–water partition coefficient (Wildman–Crippen LogP) is 4.99. The Hall–Kier alpha value is -3.91. The molecule has 2 amide bonds. The lowest BCUT2D eigenvalue weighted by Crippen LogP contribution is -2.44. The number of nitrogens with one attached hydrogen (secondary N) is 1. The fourth-order valence-electron chi connectivity index (χ4n) is 4.41. The van der Waals surface area contributed by atoms with E-state index in [2.05, 4.69) is 41.5 Å². The van der Waals surface area contributed by atoms with Gasteiger partial charge < -0.3 is 10.1 Å². The Morgan fingerprint density at radius 2 is 1.78 bits per heavy atom. The van der Waals surface area contributed by atoms with E-state index < -0.39 is 6.04 Å². The second-order valence-electron chi connectivity index (χ2n) is 8.97. The zero-order valence-electron chi connectivity index (χ0n) is 20.8. The molecule has 0 bridgehead atoms. The number of rotatable bonds is 8. The number of ether oxygens (including phenoxy) is 1. The second kappa shape index (κ2) is 11.0. The van der Waals surface area contributed by atoms with Crippen LogP contribution in [0.1, 0.15) is 35.1 Å². The molecule has 37 heavy (non-hydrogen) atoms. The molecule has 0 radical (unpaired) electrons. The molecule has 0 saturated heterocycles. The number of amidine groups is 2. The molecule has 3 aromatic rings. The summed E-state index contributed by atoms with van der Waals surface area (Å²) >= 11 is 1.58. The summed E-state index contributed by atoms with van der Waals surface area (Å²) in [5, 5.41) is 3.67. The highest BCUT2D eigenvalue weighted by Crippen LogP contribution is 2.36. The first-order chi connectivity index (χ1) is 18.0. The molecule has 188 valence electrons. The minimum atomic E-state index is -0.565. The van der Waals surface area contributed by atoms with Crippen molar-refractivity contribution in [2.45, 2.75) is 38.1 Å². The molecule has 0 aromatic heterocycles. The number of carbonyl (C=O) groups is 2. The van der Waals surface area contributed by atoms with Crippen LogP contribution in [0.2, 0.25) is 0 Å². The van der Waals surface area contributed by atoms with Crippen LogP contribution in [0.4, 0.5) is 5.69 Å². The summed E-state index contributed by atoms with van der Waals surface area (Å²) in [5.74, 6) is 1.68. The number of benzene rings is 3. The van der Waals surface area contributed by atoms with Crippen LogP contribution < -0.4 is 10.1 Å². The van der Waals surface area contributed by atoms with Gasteiger partial charge in [0.25, 0.3) is 5.91 Å². The number of hydrogen-bond donors (Lipinski definition) is 1. The average molecular weight is 513 g/mol. The summed E-state index contributed by atoms with van der Waals surface area (Å²) in [6, 6.07) is 23.1. The van der Waals surface area contributed by atoms with Crippen LogP contribution in [0, 0.1) is 6.92 Å². The molecule has 2 heterocycles. The molecule has 2 aliphatic heterocycles. The number of carbonyl (C=O) groups excluding carboxylic acids is 2. The maximum Gasteiger partial charge on any atom is 0.270 e. The van der Waals surface area contributed by atoms with Gasteiger partial charge in [-0.15, -0.1) is 0 Å². The van der Waals surface area contributed by atoms with Gasteiger partial charge in [-0.1, -0.05) is 71.9 Å². The highest BCUT2D eigenvalue weighted by atomic mass is 32.2. The molecule has 2 aliphatic rings. The highest BCUT2D eigenvalue weighted by molar-refractivity contribution is 8.13. The van der Waals surface area contributed by atoms with E-state index in [0.29, 0.717) is 24.6 Å². The Balaban J connectivity index is 1.29. The maximum atomic E-state index is 13.0. The van der Waals surface area contributed by atoms with E-state index in [1.165, 1.54) is 11.1 Å². The molecule has 5 rings (SSSR count). The maximum absolute atomic E-state index is 13.0. The first kappa shape index (κ1) is 24.8. The van der Waals surface area contributed by atoms with Gasteiger partial charge in [0.1, 0.15) is 17.6 Å². The molecule has 0 spiro atoms. The Bertz CT molecular complexity index is 1380. The Morgan fingerprint density at radius 1 is 1.03 bits per heavy atom. The van der Waals surface area contributed by atoms with Gasteiger partial charge in [-0.2, -0.15) is 4.99 Å². The van der Waals surface area contributed by atoms with Gasteiger partial charge in [-0.3, -0.25) is 14.5 Å². The van der Waals surface area contributed by atoms with Crippen molar-refractivity contribution in [2.75, 3.05) is 7.11 Å². The number of amides is 2. The van der Waals surface area contributed by atoms with Gasteiger partial charge in [-0.25, -0.2) is 4.99 Å². The van der Waals surface area contributed by atoms with Crippen molar-refractivity contribution in [3.8, 4) is 5.75 Å². The molecule has 1 atom stereocenters. The van der Waals surface area contributed by atoms with Crippen LogP contribution in [-0.4, -0.2) is 40.9 Å². The van der Waals surface area contributed by atoms with E-state index in [0.717, 1.165) is 27.7 Å². The first-order valence-electron chi connectivity index (χ1n) is 12.2. The van der Waals surface area contributed by atoms with E-state index in [9.17, 15) is 9.59 Å². The normalized spacial score (nSPS) is 16.0. The lowest BCUT2D eigenvalue weighted by Gasteiger charge is -2.31. The number of hydrogen-bond acceptors (Lipinski definition) is 6. The molecule has 0 saturated carbocycles. The van der Waals surface area contributed by atoms with Gasteiger partial charge in [0.05, 0.1) is 12.8 Å². The van der Waals surface area contributed by atoms with Crippen molar-refractivity contribution in [2.24, 2.45) is 9.98 Å². The number of nitrogens with zero attached hydrogens (tertiary/aromatic N) is 3. The molecular weight excluding hydrogens is 484 g/mol. The molecule has 0 aliphatic carbocycles. The van der Waals surface area contributed by atoms with E-state index >= 15 is 0 Å². The number of aliphatic imine (C=N–C) groups is 2. The topological polar surface area (TPSA) is 83.4 Å². The van der Waals surface area contributed by atoms with Crippen molar-refractivity contribution < 1.29 is 14.3 Å². The quantitative estimate of drug-likeness (QED) is 0.460. The lowest BCUT2D eigenvalue weighted by molar-refractivity contribution is -0.122. The minimum absolute atomic E-state index is 0.129. The molecule has 1 unspecified atom stereocenters. The van der Waals surface area contributed by atoms with E-state index in [1.807, 2.05) is 53.4 Å². The molecular formula is C29H28N4O3S. The van der Waals surface area contributed by atoms with Crippen molar-refractivity contribution in [1.29, 1.82) is 0 Å². The Kier molecular flexibility index (Phi) is 7.37. The number of aryl methyl sites for hydroxylation is 1. The molecule has 8 heteroatoms. The summed E-state index contributed by atoms with van der Waals surface area (Å²) in [7, 11) is 1.61. The standard InChI is InChI=1S/C29H28N4O3S/c1-19-11-13-20(14-12-19)18-37-29-31-23-9-5-4-8-22(23)27-32-28(35)24(33(27)29)15-16-26(34)30-17-21-7-3-6-10-25(21)36-2/h3-14,24H,15-18H2,1-2H3,(H,30,34). The van der Waals surface area contributed by atoms with Crippen LogP contribution in [-0.2, 0) is 21.9 Å². The fraction of sp³-hybridized carbons (Fsp3) is 0.241. The number of para-hydroxylation sites is 2. The number of methoxy groups -OCH3 is 1. The van der Waals surface area contributed by atoms with Crippen LogP contribution in [0.15, 0.2) is 82.8 Å². The third-order valence-corrected chi connectivity index (χ3v) is 7.43. The number of fused-ring (bicyclic) bond motifs is 3. The molecule has 0 fully saturated rings. The zero-order chi connectivity index (χ0) is 25.8. The molecule has 1 N–H and O–H groups in total. The van der Waals surface area contributed by atoms with Crippen molar-refractivity contribution in [3.05, 3.63) is 95.1 Å². The van der Waals surface area contributed by atoms with Gasteiger partial charge in [0.15, 0.2) is 5.17 Å². The van der Waals surface area contributed by atoms with Gasteiger partial charge >= 0.3 is 0 Å².